The third kappa shape index (κ3) is 8.37. The molecule has 0 fully saturated rings. The molecule has 0 saturated carbocycles. The molecule has 0 spiro atoms. The average Bonchev–Trinajstić information content (AvgIpc) is 2.88. The summed E-state index contributed by atoms with van der Waals surface area (Å²) >= 11 is 0. The van der Waals surface area contributed by atoms with E-state index >= 15 is 0 Å². The van der Waals surface area contributed by atoms with E-state index in [1.54, 1.807) is 7.05 Å². The van der Waals surface area contributed by atoms with Crippen molar-refractivity contribution in [2.75, 3.05) is 33.3 Å². The third-order valence-electron chi connectivity index (χ3n) is 6.21. The van der Waals surface area contributed by atoms with Gasteiger partial charge in [-0.05, 0) is 36.5 Å². The second kappa shape index (κ2) is 14.2. The van der Waals surface area contributed by atoms with Crippen LogP contribution in [0, 0.1) is 0 Å². The summed E-state index contributed by atoms with van der Waals surface area (Å²) in [6.07, 6.45) is 3.34. The number of ether oxygens (including phenoxy) is 1. The number of nitrogens with one attached hydrogen (secondary N) is 3. The highest BCUT2D eigenvalue weighted by Crippen LogP contribution is 2.19. The van der Waals surface area contributed by atoms with Crippen LogP contribution in [0.5, 0.6) is 5.75 Å². The van der Waals surface area contributed by atoms with E-state index in [0.29, 0.717) is 32.5 Å². The molecule has 36 heavy (non-hydrogen) atoms. The number of hydrogen-bond acceptors (Lipinski definition) is 5. The lowest BCUT2D eigenvalue weighted by Gasteiger charge is -2.25. The average molecular weight is 495 g/mol. The molecule has 2 atom stereocenters. The minimum Gasteiger partial charge on any atom is -0.492 e. The van der Waals surface area contributed by atoms with Gasteiger partial charge in [0.15, 0.2) is 0 Å². The smallest absolute Gasteiger partial charge is 0.242 e. The summed E-state index contributed by atoms with van der Waals surface area (Å²) in [5, 5.41) is 9.10. The van der Waals surface area contributed by atoms with E-state index in [-0.39, 0.29) is 24.3 Å². The van der Waals surface area contributed by atoms with E-state index in [1.807, 2.05) is 61.5 Å². The molecule has 8 nitrogen and oxygen atoms in total. The van der Waals surface area contributed by atoms with Gasteiger partial charge in [0.1, 0.15) is 18.4 Å². The van der Waals surface area contributed by atoms with Gasteiger partial charge in [-0.25, -0.2) is 0 Å². The molecule has 0 bridgehead atoms. The van der Waals surface area contributed by atoms with Gasteiger partial charge in [-0.2, -0.15) is 0 Å². The maximum absolute atomic E-state index is 13.1. The predicted octanol–water partition coefficient (Wildman–Crippen LogP) is 2.07. The molecule has 3 rings (SSSR count). The van der Waals surface area contributed by atoms with Crippen LogP contribution in [0.25, 0.3) is 0 Å². The molecule has 0 radical (unpaired) electrons. The van der Waals surface area contributed by atoms with E-state index in [1.165, 1.54) is 4.90 Å². The maximum atomic E-state index is 13.1. The number of likely N-dealkylation sites (N-methyl/N-ethyl adjacent to an activating group) is 1. The first-order chi connectivity index (χ1) is 17.5. The van der Waals surface area contributed by atoms with Crippen molar-refractivity contribution in [3.63, 3.8) is 0 Å². The van der Waals surface area contributed by atoms with Gasteiger partial charge in [0.25, 0.3) is 0 Å². The minimum absolute atomic E-state index is 0.122. The van der Waals surface area contributed by atoms with Crippen molar-refractivity contribution in [2.45, 2.75) is 51.1 Å². The number of carbonyl (C=O) groups excluding carboxylic acids is 3. The number of para-hydroxylation sites is 1. The quantitative estimate of drug-likeness (QED) is 0.604. The Morgan fingerprint density at radius 2 is 1.72 bits per heavy atom. The summed E-state index contributed by atoms with van der Waals surface area (Å²) in [7, 11) is 1.61. The van der Waals surface area contributed by atoms with Crippen molar-refractivity contribution < 1.29 is 19.1 Å². The van der Waals surface area contributed by atoms with E-state index in [0.717, 1.165) is 36.1 Å². The topological polar surface area (TPSA) is 99.8 Å². The van der Waals surface area contributed by atoms with Gasteiger partial charge >= 0.3 is 0 Å². The molecule has 0 aliphatic carbocycles. The Balaban J connectivity index is 1.78. The highest BCUT2D eigenvalue weighted by Gasteiger charge is 2.25. The Morgan fingerprint density at radius 3 is 2.50 bits per heavy atom. The number of rotatable bonds is 4. The SMILES string of the molecule is CCC[C@@H]1NCCOc2ccccc2CCCNC(=O)[C@@H](Cc2ccccc2)NC(=O)CN(C)C1=O. The number of aryl methyl sites for hydroxylation is 1. The highest BCUT2D eigenvalue weighted by molar-refractivity contribution is 5.91. The molecular weight excluding hydrogens is 456 g/mol. The number of benzene rings is 2. The van der Waals surface area contributed by atoms with Crippen LogP contribution < -0.4 is 20.7 Å². The number of carbonyl (C=O) groups is 3. The summed E-state index contributed by atoms with van der Waals surface area (Å²) in [4.78, 5) is 40.4. The largest absolute Gasteiger partial charge is 0.492 e. The first-order valence-electron chi connectivity index (χ1n) is 12.8. The minimum atomic E-state index is -0.734. The van der Waals surface area contributed by atoms with Gasteiger partial charge in [0, 0.05) is 26.6 Å². The van der Waals surface area contributed by atoms with Crippen molar-refractivity contribution in [3.8, 4) is 5.75 Å². The number of amides is 3. The molecule has 0 unspecified atom stereocenters. The fourth-order valence-electron chi connectivity index (χ4n) is 4.32. The van der Waals surface area contributed by atoms with Gasteiger partial charge < -0.3 is 25.6 Å². The Morgan fingerprint density at radius 1 is 0.972 bits per heavy atom. The van der Waals surface area contributed by atoms with Crippen molar-refractivity contribution in [3.05, 3.63) is 65.7 Å². The molecule has 3 N–H and O–H groups in total. The molecule has 2 aromatic carbocycles. The molecule has 1 aliphatic rings. The van der Waals surface area contributed by atoms with E-state index < -0.39 is 12.1 Å². The third-order valence-corrected chi connectivity index (χ3v) is 6.21. The van der Waals surface area contributed by atoms with E-state index in [2.05, 4.69) is 16.0 Å². The zero-order chi connectivity index (χ0) is 25.8. The highest BCUT2D eigenvalue weighted by atomic mass is 16.5. The van der Waals surface area contributed by atoms with Gasteiger partial charge in [0.05, 0.1) is 12.6 Å². The van der Waals surface area contributed by atoms with Crippen LogP contribution in [0.1, 0.15) is 37.3 Å². The van der Waals surface area contributed by atoms with Crippen LogP contribution in [-0.4, -0.2) is 68.0 Å². The fraction of sp³-hybridized carbons (Fsp3) is 0.464. The Bertz CT molecular complexity index is 998. The number of nitrogens with zero attached hydrogens (tertiary/aromatic N) is 1. The monoisotopic (exact) mass is 494 g/mol. The standard InChI is InChI=1S/C28H38N4O4/c1-3-10-23-28(35)32(2)20-26(33)31-24(19-21-11-5-4-6-12-21)27(34)30-16-9-14-22-13-7-8-15-25(22)36-18-17-29-23/h4-8,11-13,15,23-24,29H,3,9-10,14,16-20H2,1-2H3,(H,30,34)(H,31,33)/t23-,24+/m0/s1. The zero-order valence-electron chi connectivity index (χ0n) is 21.3. The maximum Gasteiger partial charge on any atom is 0.242 e. The Labute approximate surface area is 213 Å². The number of hydrogen-bond donors (Lipinski definition) is 3. The van der Waals surface area contributed by atoms with Crippen LogP contribution >= 0.6 is 0 Å². The van der Waals surface area contributed by atoms with Crippen molar-refractivity contribution in [1.29, 1.82) is 0 Å². The summed E-state index contributed by atoms with van der Waals surface area (Å²) in [5.41, 5.74) is 2.02. The molecular formula is C28H38N4O4. The van der Waals surface area contributed by atoms with Crippen LogP contribution in [-0.2, 0) is 27.2 Å². The summed E-state index contributed by atoms with van der Waals surface area (Å²) < 4.78 is 6.00. The Hall–Kier alpha value is -3.39. The van der Waals surface area contributed by atoms with Crippen LogP contribution in [0.15, 0.2) is 54.6 Å². The first kappa shape index (κ1) is 27.2. The van der Waals surface area contributed by atoms with Gasteiger partial charge in [0.2, 0.25) is 17.7 Å². The fourth-order valence-corrected chi connectivity index (χ4v) is 4.32. The van der Waals surface area contributed by atoms with Crippen LogP contribution in [0.2, 0.25) is 0 Å². The van der Waals surface area contributed by atoms with Crippen LogP contribution in [0.3, 0.4) is 0 Å². The van der Waals surface area contributed by atoms with Crippen LogP contribution in [0.4, 0.5) is 0 Å². The lowest BCUT2D eigenvalue weighted by molar-refractivity contribution is -0.137. The molecule has 0 aromatic heterocycles. The molecule has 1 heterocycles. The van der Waals surface area contributed by atoms with Gasteiger partial charge in [-0.3, -0.25) is 14.4 Å². The zero-order valence-corrected chi connectivity index (χ0v) is 21.3. The lowest BCUT2D eigenvalue weighted by atomic mass is 10.0. The second-order valence-corrected chi connectivity index (χ2v) is 9.15. The molecule has 1 aliphatic heterocycles. The van der Waals surface area contributed by atoms with Crippen molar-refractivity contribution >= 4 is 17.7 Å². The molecule has 2 aromatic rings. The summed E-state index contributed by atoms with van der Waals surface area (Å²) in [6, 6.07) is 16.3. The number of fused-ring (bicyclic) bond motifs is 1. The molecule has 8 heteroatoms. The summed E-state index contributed by atoms with van der Waals surface area (Å²) in [6.45, 7) is 3.31. The van der Waals surface area contributed by atoms with E-state index in [9.17, 15) is 14.4 Å². The second-order valence-electron chi connectivity index (χ2n) is 9.15. The lowest BCUT2D eigenvalue weighted by Crippen LogP contribution is -2.53. The normalized spacial score (nSPS) is 20.8. The molecule has 0 saturated heterocycles. The van der Waals surface area contributed by atoms with E-state index in [4.69, 9.17) is 4.74 Å². The predicted molar refractivity (Wildman–Crippen MR) is 140 cm³/mol. The molecule has 194 valence electrons. The Kier molecular flexibility index (Phi) is 10.8. The molecule has 3 amide bonds. The first-order valence-corrected chi connectivity index (χ1v) is 12.8. The van der Waals surface area contributed by atoms with Gasteiger partial charge in [-0.1, -0.05) is 61.9 Å². The van der Waals surface area contributed by atoms with Crippen molar-refractivity contribution in [2.24, 2.45) is 0 Å². The van der Waals surface area contributed by atoms with Gasteiger partial charge in [-0.15, -0.1) is 0 Å². The van der Waals surface area contributed by atoms with Crippen molar-refractivity contribution in [1.82, 2.24) is 20.9 Å². The summed E-state index contributed by atoms with van der Waals surface area (Å²) in [5.74, 6) is 0.0574.